The van der Waals surface area contributed by atoms with Crippen molar-refractivity contribution in [2.45, 2.75) is 26.4 Å². The second-order valence-electron chi connectivity index (χ2n) is 6.12. The van der Waals surface area contributed by atoms with E-state index in [1.165, 1.54) is 10.6 Å². The molecule has 0 fully saturated rings. The number of aryl methyl sites for hydroxylation is 1. The number of rotatable bonds is 6. The Labute approximate surface area is 162 Å². The third-order valence-electron chi connectivity index (χ3n) is 4.16. The van der Waals surface area contributed by atoms with E-state index in [4.69, 9.17) is 11.6 Å². The zero-order valence-corrected chi connectivity index (χ0v) is 15.7. The van der Waals surface area contributed by atoms with Gasteiger partial charge in [-0.3, -0.25) is 14.2 Å². The van der Waals surface area contributed by atoms with Gasteiger partial charge in [-0.1, -0.05) is 61.0 Å². The summed E-state index contributed by atoms with van der Waals surface area (Å²) in [6.07, 6.45) is 0.651. The molecule has 0 aliphatic heterocycles. The number of benzene rings is 2. The SMILES string of the molecule is CCc1cc(=O)n(CC(=O)NCc2ccc(Cl)cc2)c(-c2ccccc2)n1. The van der Waals surface area contributed by atoms with Gasteiger partial charge in [-0.2, -0.15) is 0 Å². The second kappa shape index (κ2) is 8.64. The summed E-state index contributed by atoms with van der Waals surface area (Å²) in [5.74, 6) is 0.247. The molecule has 3 aromatic rings. The average molecular weight is 382 g/mol. The van der Waals surface area contributed by atoms with Crippen molar-refractivity contribution in [2.24, 2.45) is 0 Å². The van der Waals surface area contributed by atoms with Gasteiger partial charge in [-0.15, -0.1) is 0 Å². The maximum atomic E-state index is 12.6. The summed E-state index contributed by atoms with van der Waals surface area (Å²) in [5.41, 5.74) is 2.21. The molecule has 138 valence electrons. The standard InChI is InChI=1S/C21H20ClN3O2/c1-2-18-12-20(27)25(21(24-18)16-6-4-3-5-7-16)14-19(26)23-13-15-8-10-17(22)11-9-15/h3-12H,2,13-14H2,1H3,(H,23,26). The molecule has 0 unspecified atom stereocenters. The van der Waals surface area contributed by atoms with Crippen molar-refractivity contribution in [1.29, 1.82) is 0 Å². The van der Waals surface area contributed by atoms with Crippen molar-refractivity contribution in [3.8, 4) is 11.4 Å². The normalized spacial score (nSPS) is 10.6. The van der Waals surface area contributed by atoms with E-state index in [0.29, 0.717) is 29.5 Å². The molecule has 1 heterocycles. The highest BCUT2D eigenvalue weighted by Gasteiger charge is 2.13. The predicted octanol–water partition coefficient (Wildman–Crippen LogP) is 3.44. The highest BCUT2D eigenvalue weighted by Crippen LogP contribution is 2.16. The van der Waals surface area contributed by atoms with Crippen molar-refractivity contribution in [1.82, 2.24) is 14.9 Å². The summed E-state index contributed by atoms with van der Waals surface area (Å²) in [5, 5.41) is 3.48. The molecule has 0 saturated heterocycles. The number of nitrogens with one attached hydrogen (secondary N) is 1. The zero-order chi connectivity index (χ0) is 19.2. The van der Waals surface area contributed by atoms with Crippen LogP contribution in [0.3, 0.4) is 0 Å². The van der Waals surface area contributed by atoms with Gasteiger partial charge < -0.3 is 5.32 Å². The molecule has 0 bridgehead atoms. The first-order valence-corrected chi connectivity index (χ1v) is 9.12. The summed E-state index contributed by atoms with van der Waals surface area (Å²) in [6.45, 7) is 2.22. The fourth-order valence-electron chi connectivity index (χ4n) is 2.70. The zero-order valence-electron chi connectivity index (χ0n) is 15.0. The number of nitrogens with zero attached hydrogens (tertiary/aromatic N) is 2. The van der Waals surface area contributed by atoms with Crippen LogP contribution in [0.15, 0.2) is 65.5 Å². The van der Waals surface area contributed by atoms with Crippen molar-refractivity contribution < 1.29 is 4.79 Å². The molecule has 3 rings (SSSR count). The second-order valence-corrected chi connectivity index (χ2v) is 6.55. The number of amides is 1. The van der Waals surface area contributed by atoms with Gasteiger partial charge in [0, 0.05) is 28.9 Å². The maximum Gasteiger partial charge on any atom is 0.254 e. The van der Waals surface area contributed by atoms with Gasteiger partial charge in [0.15, 0.2) is 0 Å². The van der Waals surface area contributed by atoms with E-state index in [1.54, 1.807) is 12.1 Å². The van der Waals surface area contributed by atoms with Crippen LogP contribution in [-0.2, 0) is 24.3 Å². The maximum absolute atomic E-state index is 12.6. The van der Waals surface area contributed by atoms with Crippen LogP contribution >= 0.6 is 11.6 Å². The molecule has 0 atom stereocenters. The van der Waals surface area contributed by atoms with Crippen LogP contribution in [0.1, 0.15) is 18.2 Å². The molecule has 0 saturated carbocycles. The molecular formula is C21H20ClN3O2. The number of hydrogen-bond donors (Lipinski definition) is 1. The van der Waals surface area contributed by atoms with Crippen LogP contribution in [0, 0.1) is 0 Å². The molecule has 1 amide bonds. The minimum Gasteiger partial charge on any atom is -0.350 e. The lowest BCUT2D eigenvalue weighted by Crippen LogP contribution is -2.33. The largest absolute Gasteiger partial charge is 0.350 e. The molecule has 1 N–H and O–H groups in total. The Kier molecular flexibility index (Phi) is 6.04. The highest BCUT2D eigenvalue weighted by atomic mass is 35.5. The quantitative estimate of drug-likeness (QED) is 0.711. The molecule has 0 aliphatic carbocycles. The van der Waals surface area contributed by atoms with Crippen molar-refractivity contribution in [3.05, 3.63) is 87.3 Å². The van der Waals surface area contributed by atoms with E-state index in [-0.39, 0.29) is 18.0 Å². The Bertz CT molecular complexity index is 983. The van der Waals surface area contributed by atoms with E-state index in [0.717, 1.165) is 11.1 Å². The molecule has 2 aromatic carbocycles. The minimum atomic E-state index is -0.254. The molecule has 0 aliphatic rings. The Hall–Kier alpha value is -2.92. The van der Waals surface area contributed by atoms with E-state index in [9.17, 15) is 9.59 Å². The molecule has 5 nitrogen and oxygen atoms in total. The lowest BCUT2D eigenvalue weighted by atomic mass is 10.2. The van der Waals surface area contributed by atoms with Crippen LogP contribution < -0.4 is 10.9 Å². The van der Waals surface area contributed by atoms with Crippen molar-refractivity contribution in [3.63, 3.8) is 0 Å². The number of aromatic nitrogens is 2. The average Bonchev–Trinajstić information content (AvgIpc) is 2.69. The third kappa shape index (κ3) is 4.83. The summed E-state index contributed by atoms with van der Waals surface area (Å²) in [7, 11) is 0. The highest BCUT2D eigenvalue weighted by molar-refractivity contribution is 6.30. The summed E-state index contributed by atoms with van der Waals surface area (Å²) >= 11 is 5.87. The first-order chi connectivity index (χ1) is 13.1. The molecule has 0 spiro atoms. The third-order valence-corrected chi connectivity index (χ3v) is 4.41. The number of hydrogen-bond acceptors (Lipinski definition) is 3. The van der Waals surface area contributed by atoms with Crippen LogP contribution in [0.25, 0.3) is 11.4 Å². The Morgan fingerprint density at radius 2 is 1.81 bits per heavy atom. The van der Waals surface area contributed by atoms with Crippen molar-refractivity contribution in [2.75, 3.05) is 0 Å². The number of halogens is 1. The van der Waals surface area contributed by atoms with Gasteiger partial charge in [0.05, 0.1) is 0 Å². The Morgan fingerprint density at radius 1 is 1.11 bits per heavy atom. The molecular weight excluding hydrogens is 362 g/mol. The summed E-state index contributed by atoms with van der Waals surface area (Å²) in [6, 6.07) is 18.1. The fraction of sp³-hybridized carbons (Fsp3) is 0.190. The Morgan fingerprint density at radius 3 is 2.48 bits per heavy atom. The van der Waals surface area contributed by atoms with Crippen LogP contribution in [0.2, 0.25) is 5.02 Å². The van der Waals surface area contributed by atoms with Gasteiger partial charge in [0.2, 0.25) is 5.91 Å². The summed E-state index contributed by atoms with van der Waals surface area (Å²) in [4.78, 5) is 29.6. The van der Waals surface area contributed by atoms with E-state index < -0.39 is 0 Å². The minimum absolute atomic E-state index is 0.0896. The van der Waals surface area contributed by atoms with Crippen LogP contribution in [0.5, 0.6) is 0 Å². The van der Waals surface area contributed by atoms with Gasteiger partial charge in [0.25, 0.3) is 5.56 Å². The Balaban J connectivity index is 1.82. The first kappa shape index (κ1) is 18.9. The summed E-state index contributed by atoms with van der Waals surface area (Å²) < 4.78 is 1.41. The topological polar surface area (TPSA) is 64.0 Å². The first-order valence-electron chi connectivity index (χ1n) is 8.74. The van der Waals surface area contributed by atoms with Gasteiger partial charge in [0.1, 0.15) is 12.4 Å². The lowest BCUT2D eigenvalue weighted by molar-refractivity contribution is -0.121. The van der Waals surface area contributed by atoms with Gasteiger partial charge in [-0.25, -0.2) is 4.98 Å². The molecule has 1 aromatic heterocycles. The van der Waals surface area contributed by atoms with Crippen LogP contribution in [-0.4, -0.2) is 15.5 Å². The number of carbonyl (C=O) groups excluding carboxylic acids is 1. The van der Waals surface area contributed by atoms with E-state index >= 15 is 0 Å². The van der Waals surface area contributed by atoms with Gasteiger partial charge in [-0.05, 0) is 24.1 Å². The smallest absolute Gasteiger partial charge is 0.254 e. The van der Waals surface area contributed by atoms with E-state index in [2.05, 4.69) is 10.3 Å². The molecule has 6 heteroatoms. The molecule has 27 heavy (non-hydrogen) atoms. The monoisotopic (exact) mass is 381 g/mol. The van der Waals surface area contributed by atoms with Crippen molar-refractivity contribution >= 4 is 17.5 Å². The lowest BCUT2D eigenvalue weighted by Gasteiger charge is -2.13. The predicted molar refractivity (Wildman–Crippen MR) is 107 cm³/mol. The molecule has 0 radical (unpaired) electrons. The fourth-order valence-corrected chi connectivity index (χ4v) is 2.82. The van der Waals surface area contributed by atoms with E-state index in [1.807, 2.05) is 49.4 Å². The van der Waals surface area contributed by atoms with Crippen LogP contribution in [0.4, 0.5) is 0 Å². The van der Waals surface area contributed by atoms with Gasteiger partial charge >= 0.3 is 0 Å². The number of carbonyl (C=O) groups is 1.